The summed E-state index contributed by atoms with van der Waals surface area (Å²) >= 11 is 0. The molecule has 0 atom stereocenters. The summed E-state index contributed by atoms with van der Waals surface area (Å²) in [6.07, 6.45) is 24.2. The Morgan fingerprint density at radius 2 is 0.752 bits per heavy atom. The van der Waals surface area contributed by atoms with Gasteiger partial charge in [0.1, 0.15) is 42.1 Å². The lowest BCUT2D eigenvalue weighted by Gasteiger charge is -2.26. The third kappa shape index (κ3) is 102. The van der Waals surface area contributed by atoms with Gasteiger partial charge in [-0.15, -0.1) is 0 Å². The van der Waals surface area contributed by atoms with Gasteiger partial charge in [-0.3, -0.25) is 38.4 Å². The van der Waals surface area contributed by atoms with Gasteiger partial charge in [0, 0.05) is 104 Å². The van der Waals surface area contributed by atoms with Crippen molar-refractivity contribution in [2.24, 2.45) is 73.9 Å². The number of ketones is 7. The van der Waals surface area contributed by atoms with Gasteiger partial charge in [0.2, 0.25) is 5.91 Å². The van der Waals surface area contributed by atoms with E-state index in [1.807, 2.05) is 71.9 Å². The summed E-state index contributed by atoms with van der Waals surface area (Å²) in [4.78, 5) is 89.7. The molecule has 0 aromatic heterocycles. The summed E-state index contributed by atoms with van der Waals surface area (Å²) < 4.78 is 15.7. The highest BCUT2D eigenvalue weighted by molar-refractivity contribution is 5.82. The van der Waals surface area contributed by atoms with Gasteiger partial charge in [-0.05, 0) is 113 Å². The van der Waals surface area contributed by atoms with Crippen molar-refractivity contribution in [1.82, 2.24) is 5.32 Å². The molecule has 4 rings (SSSR count). The SMILES string of the molecule is C.CC(=O)NCC(C)C.CC(C)(C)CC(=O)CC(C)(C)C.CC(C)(C)CC(=O)CC1CCC1.CC(C)(C)CC(=O)CC1CCCC1.CC(C)(C)CC(=O)Cc1ccccc1.CC(C)CC(=O)COC(C)(C)C.CC(C)CC(=O)COC1CCCC1.CCC(=O)CC(C)(C)C.CCC(C)C.COCC(C)C. The van der Waals surface area contributed by atoms with Crippen molar-refractivity contribution in [2.45, 2.75) is 409 Å². The van der Waals surface area contributed by atoms with Gasteiger partial charge in [0.15, 0.2) is 11.6 Å². The van der Waals surface area contributed by atoms with E-state index in [4.69, 9.17) is 14.2 Å². The van der Waals surface area contributed by atoms with Crippen LogP contribution in [0.15, 0.2) is 30.3 Å². The minimum atomic E-state index is -0.202. The number of hydrogen-bond acceptors (Lipinski definition) is 11. The molecule has 105 heavy (non-hydrogen) atoms. The lowest BCUT2D eigenvalue weighted by atomic mass is 9.79. The molecule has 0 aliphatic heterocycles. The van der Waals surface area contributed by atoms with Crippen molar-refractivity contribution < 1.29 is 52.6 Å². The average Bonchev–Trinajstić information content (AvgIpc) is 1.32. The maximum absolute atomic E-state index is 11.6. The van der Waals surface area contributed by atoms with Gasteiger partial charge < -0.3 is 19.5 Å². The molecular formula is C93H179NO11. The zero-order valence-electron chi connectivity index (χ0n) is 75.3. The summed E-state index contributed by atoms with van der Waals surface area (Å²) in [5.41, 5.74) is 1.83. The van der Waals surface area contributed by atoms with E-state index in [1.165, 1.54) is 71.1 Å². The number of nitrogens with one attached hydrogen (secondary N) is 1. The number of Topliss-reactive ketones (excluding diaryl/α,β-unsaturated/α-hetero) is 7. The highest BCUT2D eigenvalue weighted by Gasteiger charge is 2.26. The molecule has 1 N–H and O–H groups in total. The van der Waals surface area contributed by atoms with Gasteiger partial charge in [-0.25, -0.2) is 0 Å². The van der Waals surface area contributed by atoms with E-state index >= 15 is 0 Å². The summed E-state index contributed by atoms with van der Waals surface area (Å²) in [6, 6.07) is 9.91. The third-order valence-electron chi connectivity index (χ3n) is 15.5. The van der Waals surface area contributed by atoms with E-state index in [-0.39, 0.29) is 69.6 Å². The molecule has 1 amide bonds. The summed E-state index contributed by atoms with van der Waals surface area (Å²) in [5.74, 6) is 6.97. The molecule has 1 aromatic rings. The second-order valence-electron chi connectivity index (χ2n) is 40.4. The van der Waals surface area contributed by atoms with Crippen LogP contribution in [0.2, 0.25) is 0 Å². The Bertz CT molecular complexity index is 2310. The van der Waals surface area contributed by atoms with E-state index in [9.17, 15) is 38.4 Å². The normalized spacial score (nSPS) is 14.0. The van der Waals surface area contributed by atoms with Crippen LogP contribution in [-0.2, 0) is 59.0 Å². The number of rotatable bonds is 27. The standard InChI is InChI=1S/C13H18O.C12H22O.C11H20O2.C11H20O.C11H22O.C10H20O2.C8H16O.C6H13NO.C5H12O.C5H12.CH4/c1-13(2,3)10-12(14)9-11-7-5-4-6-8-11;1-12(2,3)9-11(13)8-10-6-4-5-7-10;1-9(2)7-10(12)8-13-11-5-3-4-6-11;1-11(2,3)8-10(12)7-9-5-4-6-9;1-10(2,3)7-9(12)8-11(4,5)6;1-8(2)6-9(11)7-12-10(3,4)5;1-5-7(9)6-8(2,3)4;1-5(2)4-7-6(3)8;1-5(2)4-6-3;1-4-5(2)3;/h4-8H,9-10H2,1-3H3;10H,4-9H2,1-3H3;9,11H,3-8H2,1-2H3;9H,4-8H2,1-3H3;7-8H2,1-6H3;8H,6-7H2,1-5H3;5-6H2,1-4H3;5H,4H2,1-3H3,(H,7,8);5H,4H2,1-3H3;5H,4H2,1-3H3;1H4. The van der Waals surface area contributed by atoms with E-state index < -0.39 is 0 Å². The van der Waals surface area contributed by atoms with E-state index in [0.29, 0.717) is 117 Å². The summed E-state index contributed by atoms with van der Waals surface area (Å²) in [5, 5.41) is 2.71. The number of carbonyl (C=O) groups is 8. The minimum Gasteiger partial charge on any atom is -0.384 e. The molecule has 0 bridgehead atoms. The fourth-order valence-corrected chi connectivity index (χ4v) is 10.6. The second kappa shape index (κ2) is 62.0. The molecule has 1 aromatic carbocycles. The molecule has 0 radical (unpaired) electrons. The van der Waals surface area contributed by atoms with Crippen LogP contribution < -0.4 is 5.32 Å². The summed E-state index contributed by atoms with van der Waals surface area (Å²) in [6.45, 7) is 72.8. The zero-order chi connectivity index (χ0) is 82.5. The Labute approximate surface area is 652 Å². The first-order valence-corrected chi connectivity index (χ1v) is 40.8. The highest BCUT2D eigenvalue weighted by Crippen LogP contribution is 2.33. The van der Waals surface area contributed by atoms with Crippen molar-refractivity contribution in [3.8, 4) is 0 Å². The zero-order valence-corrected chi connectivity index (χ0v) is 75.3. The maximum Gasteiger partial charge on any atom is 0.216 e. The summed E-state index contributed by atoms with van der Waals surface area (Å²) in [7, 11) is 1.72. The Kier molecular flexibility index (Phi) is 67.6. The molecular weight excluding hydrogens is 1310 g/mol. The quantitative estimate of drug-likeness (QED) is 0.0887. The van der Waals surface area contributed by atoms with Crippen molar-refractivity contribution >= 4 is 46.4 Å². The highest BCUT2D eigenvalue weighted by atomic mass is 16.5. The fraction of sp³-hybridized carbons (Fsp3) is 0.849. The van der Waals surface area contributed by atoms with E-state index in [2.05, 4.69) is 192 Å². The van der Waals surface area contributed by atoms with E-state index in [1.54, 1.807) is 7.11 Å². The number of amides is 1. The molecule has 0 heterocycles. The van der Waals surface area contributed by atoms with E-state index in [0.717, 1.165) is 75.0 Å². The molecule has 622 valence electrons. The Balaban J connectivity index is -0.000000205. The molecule has 3 aliphatic rings. The van der Waals surface area contributed by atoms with Crippen LogP contribution in [0.4, 0.5) is 0 Å². The van der Waals surface area contributed by atoms with Gasteiger partial charge >= 0.3 is 0 Å². The number of ether oxygens (including phenoxy) is 3. The molecule has 0 saturated heterocycles. The number of methoxy groups -OCH3 is 1. The Morgan fingerprint density at radius 3 is 1.01 bits per heavy atom. The fourth-order valence-electron chi connectivity index (χ4n) is 10.6. The average molecular weight is 1490 g/mol. The lowest BCUT2D eigenvalue weighted by Crippen LogP contribution is -2.24. The monoisotopic (exact) mass is 1490 g/mol. The lowest BCUT2D eigenvalue weighted by molar-refractivity contribution is -0.129. The van der Waals surface area contributed by atoms with Crippen LogP contribution >= 0.6 is 0 Å². The van der Waals surface area contributed by atoms with Crippen LogP contribution in [-0.4, -0.2) is 91.6 Å². The Hall–Kier alpha value is -3.74. The van der Waals surface area contributed by atoms with Crippen LogP contribution in [0.25, 0.3) is 0 Å². The molecule has 0 unspecified atom stereocenters. The third-order valence-corrected chi connectivity index (χ3v) is 15.5. The molecule has 3 saturated carbocycles. The largest absolute Gasteiger partial charge is 0.384 e. The predicted octanol–water partition coefficient (Wildman–Crippen LogP) is 25.6. The van der Waals surface area contributed by atoms with Crippen LogP contribution in [0, 0.1) is 73.9 Å². The van der Waals surface area contributed by atoms with Gasteiger partial charge in [0.05, 0.1) is 11.7 Å². The minimum absolute atomic E-state index is 0. The first kappa shape index (κ1) is 115. The first-order valence-electron chi connectivity index (χ1n) is 40.8. The predicted molar refractivity (Wildman–Crippen MR) is 453 cm³/mol. The van der Waals surface area contributed by atoms with Crippen LogP contribution in [0.3, 0.4) is 0 Å². The number of hydrogen-bond donors (Lipinski definition) is 1. The van der Waals surface area contributed by atoms with Crippen molar-refractivity contribution in [3.05, 3.63) is 35.9 Å². The number of carbonyl (C=O) groups excluding carboxylic acids is 8. The van der Waals surface area contributed by atoms with Gasteiger partial charge in [0.25, 0.3) is 0 Å². The van der Waals surface area contributed by atoms with Crippen LogP contribution in [0.1, 0.15) is 396 Å². The Morgan fingerprint density at radius 1 is 0.419 bits per heavy atom. The topological polar surface area (TPSA) is 176 Å². The van der Waals surface area contributed by atoms with Crippen LogP contribution in [0.5, 0.6) is 0 Å². The van der Waals surface area contributed by atoms with Crippen molar-refractivity contribution in [2.75, 3.05) is 33.5 Å². The second-order valence-corrected chi connectivity index (χ2v) is 40.4. The van der Waals surface area contributed by atoms with Crippen molar-refractivity contribution in [3.63, 3.8) is 0 Å². The molecule has 3 aliphatic carbocycles. The number of benzene rings is 1. The first-order chi connectivity index (χ1) is 47.1. The van der Waals surface area contributed by atoms with Gasteiger partial charge in [-0.1, -0.05) is 310 Å². The van der Waals surface area contributed by atoms with Gasteiger partial charge in [-0.2, -0.15) is 0 Å². The molecule has 3 fully saturated rings. The molecule has 12 nitrogen and oxygen atoms in total. The van der Waals surface area contributed by atoms with Crippen molar-refractivity contribution in [1.29, 1.82) is 0 Å². The molecule has 0 spiro atoms. The maximum atomic E-state index is 11.6. The molecule has 12 heteroatoms. The smallest absolute Gasteiger partial charge is 0.216 e.